The Morgan fingerprint density at radius 3 is 2.36 bits per heavy atom. The van der Waals surface area contributed by atoms with E-state index in [-0.39, 0.29) is 12.3 Å². The third-order valence-electron chi connectivity index (χ3n) is 4.53. The Balaban J connectivity index is 0.000000572. The molecule has 2 aromatic heterocycles. The molecule has 0 saturated heterocycles. The Hall–Kier alpha value is -3.65. The van der Waals surface area contributed by atoms with Crippen LogP contribution in [0.1, 0.15) is 12.1 Å². The zero-order valence-electron chi connectivity index (χ0n) is 19.3. The number of aliphatic carboxylic acids is 1. The highest BCUT2D eigenvalue weighted by Gasteiger charge is 2.38. The van der Waals surface area contributed by atoms with Crippen LogP contribution in [-0.4, -0.2) is 68.1 Å². The summed E-state index contributed by atoms with van der Waals surface area (Å²) in [6.45, 7) is 1.18. The Labute approximate surface area is 204 Å². The van der Waals surface area contributed by atoms with Gasteiger partial charge in [0, 0.05) is 43.2 Å². The van der Waals surface area contributed by atoms with E-state index < -0.39 is 22.2 Å². The minimum absolute atomic E-state index is 0.0644. The van der Waals surface area contributed by atoms with Crippen molar-refractivity contribution in [3.8, 4) is 11.1 Å². The van der Waals surface area contributed by atoms with E-state index >= 15 is 0 Å². The van der Waals surface area contributed by atoms with Crippen LogP contribution in [-0.2, 0) is 30.8 Å². The molecule has 0 atom stereocenters. The number of nitrogens with one attached hydrogen (secondary N) is 3. The van der Waals surface area contributed by atoms with Crippen molar-refractivity contribution in [3.63, 3.8) is 0 Å². The number of aromatic nitrogens is 2. The largest absolute Gasteiger partial charge is 0.490 e. The zero-order valence-corrected chi connectivity index (χ0v) is 20.2. The average molecular weight is 531 g/mol. The summed E-state index contributed by atoms with van der Waals surface area (Å²) in [5, 5.41) is 10.9. The van der Waals surface area contributed by atoms with Crippen LogP contribution in [0.5, 0.6) is 0 Å². The number of hydrogen-bond acceptors (Lipinski definition) is 6. The third kappa shape index (κ3) is 9.19. The van der Waals surface area contributed by atoms with Crippen LogP contribution in [0.3, 0.4) is 0 Å². The van der Waals surface area contributed by atoms with Gasteiger partial charge in [-0.25, -0.2) is 18.2 Å². The van der Waals surface area contributed by atoms with Gasteiger partial charge in [-0.3, -0.25) is 9.52 Å². The van der Waals surface area contributed by atoms with Gasteiger partial charge in [0.2, 0.25) is 15.9 Å². The van der Waals surface area contributed by atoms with Crippen LogP contribution < -0.4 is 10.0 Å². The monoisotopic (exact) mass is 530 g/mol. The van der Waals surface area contributed by atoms with Crippen molar-refractivity contribution in [2.45, 2.75) is 19.0 Å². The highest BCUT2D eigenvalue weighted by molar-refractivity contribution is 7.92. The summed E-state index contributed by atoms with van der Waals surface area (Å²) < 4.78 is 61.9. The molecule has 36 heavy (non-hydrogen) atoms. The molecule has 14 heteroatoms. The minimum atomic E-state index is -5.08. The van der Waals surface area contributed by atoms with Gasteiger partial charge in [0.15, 0.2) is 0 Å². The van der Waals surface area contributed by atoms with Crippen molar-refractivity contribution in [2.24, 2.45) is 0 Å². The molecular formula is C22H25F3N4O6S. The number of hydrogen-bond donors (Lipinski definition) is 4. The quantitative estimate of drug-likeness (QED) is 0.311. The Bertz CT molecular complexity index is 1290. The first kappa shape index (κ1) is 28.6. The van der Waals surface area contributed by atoms with Gasteiger partial charge in [0.25, 0.3) is 0 Å². The number of ether oxygens (including phenoxy) is 1. The molecule has 2 heterocycles. The van der Waals surface area contributed by atoms with Gasteiger partial charge >= 0.3 is 12.1 Å². The smallest absolute Gasteiger partial charge is 0.475 e. The number of amides is 1. The van der Waals surface area contributed by atoms with Crippen molar-refractivity contribution in [1.82, 2.24) is 15.3 Å². The van der Waals surface area contributed by atoms with Gasteiger partial charge in [-0.2, -0.15) is 13.2 Å². The fourth-order valence-electron chi connectivity index (χ4n) is 3.04. The van der Waals surface area contributed by atoms with E-state index in [1.807, 2.05) is 24.3 Å². The van der Waals surface area contributed by atoms with Gasteiger partial charge in [0.05, 0.1) is 12.7 Å². The molecule has 196 valence electrons. The highest BCUT2D eigenvalue weighted by Crippen LogP contribution is 2.29. The van der Waals surface area contributed by atoms with Crippen LogP contribution in [0.25, 0.3) is 22.2 Å². The molecule has 0 aliphatic rings. The first-order valence-electron chi connectivity index (χ1n) is 10.4. The molecule has 0 aliphatic carbocycles. The summed E-state index contributed by atoms with van der Waals surface area (Å²) in [5.41, 5.74) is 3.85. The fraction of sp³-hybridized carbons (Fsp3) is 0.318. The number of rotatable bonds is 9. The average Bonchev–Trinajstić information content (AvgIpc) is 3.18. The predicted octanol–water partition coefficient (Wildman–Crippen LogP) is 2.93. The van der Waals surface area contributed by atoms with E-state index in [0.29, 0.717) is 24.5 Å². The van der Waals surface area contributed by atoms with E-state index in [1.54, 1.807) is 25.4 Å². The standard InChI is InChI=1S/C20H24N4O4S.C2HF3O2/c1-28-11-3-9-21-19(25)13-16-12-18-17(8-10-22-20(18)23-16)14-4-6-15(7-5-14)24-29(2,26)27;3-2(4,5)1(6)7/h4-8,10,12,24H,3,9,11,13H2,1-2H3,(H,21,25)(H,22,23);(H,6,7). The number of aromatic amines is 1. The number of carbonyl (C=O) groups excluding carboxylic acids is 1. The van der Waals surface area contributed by atoms with Crippen molar-refractivity contribution < 1.29 is 41.0 Å². The van der Waals surface area contributed by atoms with Crippen LogP contribution in [0.15, 0.2) is 42.6 Å². The van der Waals surface area contributed by atoms with Crippen molar-refractivity contribution in [2.75, 3.05) is 31.2 Å². The summed E-state index contributed by atoms with van der Waals surface area (Å²) in [6.07, 6.45) is -1.27. The number of carbonyl (C=O) groups is 2. The fourth-order valence-corrected chi connectivity index (χ4v) is 3.60. The Morgan fingerprint density at radius 1 is 1.17 bits per heavy atom. The molecule has 0 bridgehead atoms. The number of fused-ring (bicyclic) bond motifs is 1. The molecule has 0 fully saturated rings. The second-order valence-corrected chi connectivity index (χ2v) is 9.29. The number of carboxylic acids is 1. The number of H-pyrrole nitrogens is 1. The lowest BCUT2D eigenvalue weighted by molar-refractivity contribution is -0.192. The predicted molar refractivity (Wildman–Crippen MR) is 127 cm³/mol. The summed E-state index contributed by atoms with van der Waals surface area (Å²) in [4.78, 5) is 28.6. The number of sulfonamides is 1. The van der Waals surface area contributed by atoms with E-state index in [0.717, 1.165) is 34.9 Å². The molecule has 1 aromatic carbocycles. The lowest BCUT2D eigenvalue weighted by Crippen LogP contribution is -2.26. The molecule has 0 saturated carbocycles. The van der Waals surface area contributed by atoms with Gasteiger partial charge in [-0.1, -0.05) is 12.1 Å². The SMILES string of the molecule is COCCCNC(=O)Cc1cc2c(-c3ccc(NS(C)(=O)=O)cc3)ccnc2[nH]1.O=C(O)C(F)(F)F. The molecule has 0 spiro atoms. The number of anilines is 1. The number of nitrogens with zero attached hydrogens (tertiary/aromatic N) is 1. The van der Waals surface area contributed by atoms with E-state index in [2.05, 4.69) is 20.0 Å². The van der Waals surface area contributed by atoms with Crippen LogP contribution in [0.2, 0.25) is 0 Å². The maximum atomic E-state index is 12.1. The normalized spacial score (nSPS) is 11.5. The van der Waals surface area contributed by atoms with E-state index in [1.165, 1.54) is 0 Å². The van der Waals surface area contributed by atoms with Gasteiger partial charge in [0.1, 0.15) is 5.65 Å². The molecule has 4 N–H and O–H groups in total. The molecule has 0 aliphatic heterocycles. The molecule has 1 amide bonds. The summed E-state index contributed by atoms with van der Waals surface area (Å²) in [5.74, 6) is -2.82. The van der Waals surface area contributed by atoms with Crippen LogP contribution in [0, 0.1) is 0 Å². The second kappa shape index (κ2) is 12.4. The van der Waals surface area contributed by atoms with Crippen LogP contribution in [0.4, 0.5) is 18.9 Å². The first-order chi connectivity index (χ1) is 16.8. The van der Waals surface area contributed by atoms with Crippen molar-refractivity contribution in [1.29, 1.82) is 0 Å². The maximum absolute atomic E-state index is 12.1. The van der Waals surface area contributed by atoms with Gasteiger partial charge in [-0.05, 0) is 41.8 Å². The Morgan fingerprint density at radius 2 is 1.81 bits per heavy atom. The molecule has 0 unspecified atom stereocenters. The van der Waals surface area contributed by atoms with Gasteiger partial charge in [-0.15, -0.1) is 0 Å². The number of methoxy groups -OCH3 is 1. The maximum Gasteiger partial charge on any atom is 0.490 e. The summed E-state index contributed by atoms with van der Waals surface area (Å²) in [6, 6.07) is 10.9. The number of benzene rings is 1. The molecule has 10 nitrogen and oxygen atoms in total. The number of alkyl halides is 3. The van der Waals surface area contributed by atoms with Crippen LogP contribution >= 0.6 is 0 Å². The highest BCUT2D eigenvalue weighted by atomic mass is 32.2. The zero-order chi connectivity index (χ0) is 26.9. The molecule has 3 rings (SSSR count). The Kier molecular flexibility index (Phi) is 9.81. The van der Waals surface area contributed by atoms with E-state index in [4.69, 9.17) is 14.6 Å². The van der Waals surface area contributed by atoms with Gasteiger partial charge < -0.3 is 20.1 Å². The van der Waals surface area contributed by atoms with Crippen molar-refractivity contribution >= 4 is 38.6 Å². The second-order valence-electron chi connectivity index (χ2n) is 7.54. The number of pyridine rings is 1. The molecular weight excluding hydrogens is 505 g/mol. The summed E-state index contributed by atoms with van der Waals surface area (Å²) >= 11 is 0. The number of carboxylic acid groups (broad SMARTS) is 1. The lowest BCUT2D eigenvalue weighted by Gasteiger charge is -2.06. The minimum Gasteiger partial charge on any atom is -0.475 e. The molecule has 0 radical (unpaired) electrons. The molecule has 3 aromatic rings. The number of halogens is 3. The third-order valence-corrected chi connectivity index (χ3v) is 5.13. The van der Waals surface area contributed by atoms with Crippen molar-refractivity contribution in [3.05, 3.63) is 48.3 Å². The topological polar surface area (TPSA) is 150 Å². The van der Waals surface area contributed by atoms with E-state index in [9.17, 15) is 26.4 Å². The first-order valence-corrected chi connectivity index (χ1v) is 12.3. The lowest BCUT2D eigenvalue weighted by atomic mass is 10.0. The summed E-state index contributed by atoms with van der Waals surface area (Å²) in [7, 11) is -1.69.